The highest BCUT2D eigenvalue weighted by Gasteiger charge is 2.51. The van der Waals surface area contributed by atoms with E-state index < -0.39 is 89.0 Å². The zero-order chi connectivity index (χ0) is 82.5. The molecule has 6 heterocycles. The van der Waals surface area contributed by atoms with Crippen LogP contribution in [0.25, 0.3) is 0 Å². The third-order valence-electron chi connectivity index (χ3n) is 20.4. The van der Waals surface area contributed by atoms with Crippen molar-refractivity contribution in [3.8, 4) is 23.0 Å². The maximum Gasteiger partial charge on any atom is 0.405 e. The Balaban J connectivity index is 0.000000238. The van der Waals surface area contributed by atoms with Crippen molar-refractivity contribution in [3.63, 3.8) is 0 Å². The monoisotopic (exact) mass is 1620 g/mol. The number of amides is 4. The van der Waals surface area contributed by atoms with Crippen LogP contribution in [0.15, 0.2) is 130 Å². The lowest BCUT2D eigenvalue weighted by Crippen LogP contribution is -2.38. The Bertz CT molecular complexity index is 4220. The van der Waals surface area contributed by atoms with Crippen LogP contribution in [-0.4, -0.2) is 228 Å². The smallest absolute Gasteiger partial charge is 0.405 e. The van der Waals surface area contributed by atoms with E-state index in [1.54, 1.807) is 67.0 Å². The first-order chi connectivity index (χ1) is 53.7. The van der Waals surface area contributed by atoms with Crippen LogP contribution >= 0.6 is 23.2 Å². The van der Waals surface area contributed by atoms with Crippen molar-refractivity contribution in [3.05, 3.63) is 152 Å². The Morgan fingerprint density at radius 2 is 1.32 bits per heavy atom. The number of carbonyl (C=O) groups excluding carboxylic acids is 8. The molecular weight excluding hydrogens is 1520 g/mol. The van der Waals surface area contributed by atoms with E-state index in [0.717, 1.165) is 43.9 Å². The van der Waals surface area contributed by atoms with E-state index in [-0.39, 0.29) is 136 Å². The molecule has 2 bridgehead atoms. The number of ether oxygens (including phenoxy) is 6. The van der Waals surface area contributed by atoms with Crippen molar-refractivity contribution in [2.24, 2.45) is 39.7 Å². The quantitative estimate of drug-likeness (QED) is 0.0156. The Morgan fingerprint density at radius 3 is 1.84 bits per heavy atom. The summed E-state index contributed by atoms with van der Waals surface area (Å²) in [5.41, 5.74) is 7.02. The second-order valence-corrected chi connectivity index (χ2v) is 30.6. The lowest BCUT2D eigenvalue weighted by Gasteiger charge is -2.30. The summed E-state index contributed by atoms with van der Waals surface area (Å²) < 4.78 is 33.6. The second kappa shape index (κ2) is 42.7. The highest BCUT2D eigenvalue weighted by molar-refractivity contribution is 6.34. The Labute approximate surface area is 675 Å². The molecule has 622 valence electrons. The topological polar surface area (TPSA) is 399 Å². The summed E-state index contributed by atoms with van der Waals surface area (Å²) in [5.74, 6) is -4.03. The predicted octanol–water partition coefficient (Wildman–Crippen LogP) is 10.0. The highest BCUT2D eigenvalue weighted by Crippen LogP contribution is 2.45. The van der Waals surface area contributed by atoms with Gasteiger partial charge in [0.05, 0.1) is 70.4 Å². The first-order valence-electron chi connectivity index (χ1n) is 37.9. The molecule has 29 nitrogen and oxygen atoms in total. The van der Waals surface area contributed by atoms with Crippen molar-refractivity contribution in [2.45, 2.75) is 175 Å². The summed E-state index contributed by atoms with van der Waals surface area (Å²) in [6.45, 7) is 16.3. The number of allylic oxidation sites excluding steroid dienone is 11. The summed E-state index contributed by atoms with van der Waals surface area (Å²) in [4.78, 5) is 118. The number of fused-ring (bicyclic) bond motifs is 6. The number of primary amides is 1. The molecule has 2 aromatic rings. The minimum Gasteiger partial charge on any atom is -0.507 e. The molecule has 12 atom stereocenters. The van der Waals surface area contributed by atoms with E-state index in [9.17, 15) is 63.9 Å². The van der Waals surface area contributed by atoms with Gasteiger partial charge in [-0.3, -0.25) is 24.0 Å². The van der Waals surface area contributed by atoms with Gasteiger partial charge in [0.25, 0.3) is 5.91 Å². The van der Waals surface area contributed by atoms with Gasteiger partial charge in [-0.05, 0) is 134 Å². The summed E-state index contributed by atoms with van der Waals surface area (Å²) in [5, 5.41) is 66.5. The second-order valence-electron chi connectivity index (χ2n) is 29.8. The van der Waals surface area contributed by atoms with Crippen LogP contribution in [0.4, 0.5) is 4.79 Å². The molecule has 0 radical (unpaired) electrons. The molecule has 4 fully saturated rings. The number of ketones is 2. The lowest BCUT2D eigenvalue weighted by molar-refractivity contribution is -0.129. The summed E-state index contributed by atoms with van der Waals surface area (Å²) >= 11 is 12.7. The van der Waals surface area contributed by atoms with Crippen LogP contribution in [0.3, 0.4) is 0 Å². The highest BCUT2D eigenvalue weighted by atomic mass is 35.5. The molecule has 6 aliphatic heterocycles. The third kappa shape index (κ3) is 25.7. The first kappa shape index (κ1) is 91.6. The molecule has 9 N–H and O–H groups in total. The molecular formula is C83H110Cl2N8O21. The minimum atomic E-state index is -0.997. The van der Waals surface area contributed by atoms with E-state index in [2.05, 4.69) is 27.0 Å². The average molecular weight is 1630 g/mol. The number of nitrogens with two attached hydrogens (primary N) is 1. The SMILES string of the molecule is C.CO[C@H]1/C=C\C=C(/C)C(=O)NC2=CC(=O)C(NCCN(C)C)=C(C[C@@H](C)C[C@H](OC)[C@H](O)[C@@H](C)/C=C(\C)[C@@H]1OC(N)=O)C2=O.C[C@@H]1CC2O[C@]2(C)\C=C/C=C/C(=N/OCCN2CCCC2=O)Cc2c(Cl)c(O)cc(O)c2C(=O)O1.C[C@@H]1C[C@@H]2C[C@H]2\C=C/C=C/C(=N\OCCN2CCCC2=O)Cc2c(Cl)c(O)cc(O)c2C(=O)O1. The Morgan fingerprint density at radius 1 is 0.754 bits per heavy atom. The van der Waals surface area contributed by atoms with Gasteiger partial charge in [0.2, 0.25) is 23.4 Å². The molecule has 1 unspecified atom stereocenters. The number of aliphatic hydroxyl groups excluding tert-OH is 1. The Hall–Kier alpha value is -9.62. The average Bonchev–Trinajstić information content (AvgIpc) is 1.61. The van der Waals surface area contributed by atoms with Crippen LogP contribution in [0.5, 0.6) is 23.0 Å². The van der Waals surface area contributed by atoms with E-state index >= 15 is 0 Å². The zero-order valence-corrected chi connectivity index (χ0v) is 67.3. The number of Topliss-reactive ketones (excluding diaryl/α,β-unsaturated/α-hetero) is 1. The van der Waals surface area contributed by atoms with E-state index in [1.165, 1.54) is 20.3 Å². The number of aromatic hydroxyl groups is 4. The fourth-order valence-corrected chi connectivity index (χ4v) is 14.4. The molecule has 114 heavy (non-hydrogen) atoms. The molecule has 3 saturated heterocycles. The number of hydrogen-bond donors (Lipinski definition) is 8. The number of nitrogens with zero attached hydrogens (tertiary/aromatic N) is 5. The van der Waals surface area contributed by atoms with Crippen molar-refractivity contribution < 1.29 is 102 Å². The van der Waals surface area contributed by atoms with Crippen LogP contribution < -0.4 is 16.4 Å². The number of likely N-dealkylation sites (tertiary alicyclic amines) is 2. The normalized spacial score (nSPS) is 29.4. The number of nitrogens with one attached hydrogen (secondary N) is 2. The maximum atomic E-state index is 13.7. The van der Waals surface area contributed by atoms with Gasteiger partial charge in [0.15, 0.2) is 6.10 Å². The number of oxime groups is 2. The minimum absolute atomic E-state index is 0. The molecule has 0 spiro atoms. The molecule has 4 amide bonds. The van der Waals surface area contributed by atoms with Crippen molar-refractivity contribution in [1.82, 2.24) is 25.3 Å². The number of rotatable bonds is 15. The van der Waals surface area contributed by atoms with Gasteiger partial charge in [0.1, 0.15) is 65.1 Å². The van der Waals surface area contributed by atoms with Crippen LogP contribution in [0.1, 0.15) is 146 Å². The number of hydrogen-bond acceptors (Lipinski definition) is 25. The van der Waals surface area contributed by atoms with Gasteiger partial charge in [-0.1, -0.05) is 116 Å². The number of cyclic esters (lactones) is 2. The molecule has 2 aromatic carbocycles. The number of benzene rings is 2. The van der Waals surface area contributed by atoms with Gasteiger partial charge in [-0.2, -0.15) is 0 Å². The Kier molecular flexibility index (Phi) is 34.3. The van der Waals surface area contributed by atoms with Crippen molar-refractivity contribution in [1.29, 1.82) is 0 Å². The van der Waals surface area contributed by atoms with Crippen LogP contribution in [-0.2, 0) is 74.9 Å². The van der Waals surface area contributed by atoms with Crippen LogP contribution in [0.2, 0.25) is 10.0 Å². The summed E-state index contributed by atoms with van der Waals surface area (Å²) in [7, 11) is 6.74. The van der Waals surface area contributed by atoms with Gasteiger partial charge < -0.3 is 94.7 Å². The van der Waals surface area contributed by atoms with Gasteiger partial charge in [-0.15, -0.1) is 0 Å². The third-order valence-corrected chi connectivity index (χ3v) is 21.2. The van der Waals surface area contributed by atoms with Crippen LogP contribution in [0, 0.1) is 23.7 Å². The number of methoxy groups -OCH3 is 2. The largest absolute Gasteiger partial charge is 0.507 e. The number of epoxide rings is 1. The number of phenolic OH excluding ortho intramolecular Hbond substituents is 4. The first-order valence-corrected chi connectivity index (χ1v) is 38.6. The van der Waals surface area contributed by atoms with E-state index in [4.69, 9.17) is 67.0 Å². The van der Waals surface area contributed by atoms with Crippen molar-refractivity contribution in [2.75, 3.05) is 80.8 Å². The number of likely N-dealkylation sites (N-methyl/N-ethyl adjacent to an activating group) is 1. The number of carbonyl (C=O) groups is 8. The molecule has 2 aliphatic carbocycles. The fraction of sp³-hybridized carbons (Fsp3) is 0.518. The zero-order valence-electron chi connectivity index (χ0n) is 65.8. The molecule has 8 aliphatic rings. The van der Waals surface area contributed by atoms with Crippen molar-refractivity contribution >= 4 is 81.9 Å². The molecule has 10 rings (SSSR count). The van der Waals surface area contributed by atoms with Gasteiger partial charge >= 0.3 is 18.0 Å². The standard InChI is InChI=1S/C32H48N4O8.C25H29ClN2O7.C25H29ClN2O6.CH4/c1-18-14-22-27(34-12-13-36(5)6)24(37)17-23(29(22)39)35-31(40)19(2)10-9-11-25(42-7)30(44-32(33)41)21(4)16-20(3)28(38)26(15-18)43-8;1-15-12-20-25(2,35-20)8-4-3-6-16(27-33-11-10-28-9-5-7-21(28)31)13-17-22(24(32)34-15)18(29)14-19(30)23(17)26;1-15-11-17-12-16(17)5-2-3-6-18(27-33-10-9-28-8-4-7-22(28)31)13-19-23(25(32)34-15)20(29)14-21(30)24(19)26;/h9-11,16-18,20,25-26,28,30,34,38H,12-15H2,1-8H3,(H2,33,41)(H,35,40);3-4,6,8,14-15,20,29-30H,5,7,9-13H2,1-2H3;2-3,5-6,14-17,29-30H,4,7-13H2,1H3;1H4/b11-9-,19-10+,21-16+;6-3+,8-4-,27-16-;5-2-,6-3+,27-18+;/t18-,20+,25+,26+,28-,30+;15-,20?,25-;15-,16-,17-;/m111./s1. The van der Waals surface area contributed by atoms with E-state index in [0.29, 0.717) is 93.8 Å². The number of phenols is 4. The number of esters is 2. The molecule has 0 aromatic heterocycles. The molecule has 31 heteroatoms. The van der Waals surface area contributed by atoms with E-state index in [1.807, 2.05) is 71.0 Å². The fourth-order valence-electron chi connectivity index (χ4n) is 14.0. The van der Waals surface area contributed by atoms with Gasteiger partial charge in [-0.25, -0.2) is 14.4 Å². The lowest BCUT2D eigenvalue weighted by atomic mass is 9.85. The summed E-state index contributed by atoms with van der Waals surface area (Å²) in [6, 6.07) is 2.04. The molecule has 1 saturated carbocycles. The maximum absolute atomic E-state index is 13.7. The number of aliphatic hydroxyl groups is 1. The predicted molar refractivity (Wildman–Crippen MR) is 429 cm³/mol. The number of halogens is 2. The van der Waals surface area contributed by atoms with Gasteiger partial charge in [0, 0.05) is 108 Å². The summed E-state index contributed by atoms with van der Waals surface area (Å²) in [6.07, 6.45) is 22.8.